The molecule has 0 heterocycles. The van der Waals surface area contributed by atoms with Crippen LogP contribution < -0.4 is 0 Å². The van der Waals surface area contributed by atoms with Gasteiger partial charge in [0.05, 0.1) is 0 Å². The van der Waals surface area contributed by atoms with E-state index in [1.807, 2.05) is 30.3 Å². The largest absolute Gasteiger partial charge is 0.406 e. The van der Waals surface area contributed by atoms with Crippen molar-refractivity contribution in [1.29, 1.82) is 0 Å². The van der Waals surface area contributed by atoms with Gasteiger partial charge in [-0.15, -0.1) is 0 Å². The van der Waals surface area contributed by atoms with Crippen LogP contribution in [0, 0.1) is 0 Å². The molecule has 0 saturated heterocycles. The van der Waals surface area contributed by atoms with E-state index in [2.05, 4.69) is 0 Å². The molecule has 1 aliphatic rings. The van der Waals surface area contributed by atoms with Gasteiger partial charge in [0, 0.05) is 11.6 Å². The minimum Gasteiger partial charge on any atom is -0.324 e. The van der Waals surface area contributed by atoms with Crippen LogP contribution in [-0.4, -0.2) is 35.4 Å². The van der Waals surface area contributed by atoms with E-state index in [1.165, 1.54) is 12.1 Å². The maximum atomic E-state index is 12.7. The highest BCUT2D eigenvalue weighted by atomic mass is 19.4. The third-order valence-corrected chi connectivity index (χ3v) is 4.05. The van der Waals surface area contributed by atoms with Gasteiger partial charge >= 0.3 is 6.18 Å². The van der Waals surface area contributed by atoms with Gasteiger partial charge in [-0.1, -0.05) is 54.6 Å². The number of rotatable bonds is 5. The van der Waals surface area contributed by atoms with Crippen LogP contribution in [0.2, 0.25) is 0 Å². The zero-order valence-electron chi connectivity index (χ0n) is 13.3. The Hall–Kier alpha value is -2.63. The monoisotopic (exact) mass is 347 g/mol. The molecule has 0 atom stereocenters. The number of benzene rings is 2. The van der Waals surface area contributed by atoms with Crippen LogP contribution in [-0.2, 0) is 4.79 Å². The summed E-state index contributed by atoms with van der Waals surface area (Å²) in [6, 6.07) is 15.3. The first-order chi connectivity index (χ1) is 11.8. The van der Waals surface area contributed by atoms with Crippen LogP contribution >= 0.6 is 0 Å². The van der Waals surface area contributed by atoms with E-state index in [0.717, 1.165) is 11.1 Å². The topological polar surface area (TPSA) is 37.4 Å². The van der Waals surface area contributed by atoms with Crippen molar-refractivity contribution in [3.8, 4) is 11.1 Å². The number of hydrogen-bond donors (Lipinski definition) is 0. The Labute approximate surface area is 143 Å². The van der Waals surface area contributed by atoms with Gasteiger partial charge in [-0.05, 0) is 24.0 Å². The predicted octanol–water partition coefficient (Wildman–Crippen LogP) is 4.09. The van der Waals surface area contributed by atoms with Gasteiger partial charge in [-0.3, -0.25) is 9.59 Å². The Morgan fingerprint density at radius 3 is 2.00 bits per heavy atom. The lowest BCUT2D eigenvalue weighted by molar-refractivity contribution is -0.159. The molecule has 0 bridgehead atoms. The van der Waals surface area contributed by atoms with E-state index in [9.17, 15) is 22.8 Å². The number of carbonyl (C=O) groups is 2. The van der Waals surface area contributed by atoms with Crippen LogP contribution in [0.15, 0.2) is 54.6 Å². The van der Waals surface area contributed by atoms with Gasteiger partial charge in [0.2, 0.25) is 5.78 Å². The average molecular weight is 347 g/mol. The summed E-state index contributed by atoms with van der Waals surface area (Å²) < 4.78 is 38.0. The molecule has 0 aromatic heterocycles. The Morgan fingerprint density at radius 1 is 0.920 bits per heavy atom. The number of ketones is 1. The molecule has 25 heavy (non-hydrogen) atoms. The molecule has 1 amide bonds. The van der Waals surface area contributed by atoms with Crippen molar-refractivity contribution in [2.45, 2.75) is 25.1 Å². The third kappa shape index (κ3) is 4.26. The molecule has 1 saturated carbocycles. The first-order valence-electron chi connectivity index (χ1n) is 7.93. The molecule has 0 radical (unpaired) electrons. The van der Waals surface area contributed by atoms with E-state index in [4.69, 9.17) is 0 Å². The molecule has 6 heteroatoms. The summed E-state index contributed by atoms with van der Waals surface area (Å²) in [5, 5.41) is 0. The Morgan fingerprint density at radius 2 is 1.48 bits per heavy atom. The molecule has 2 aromatic rings. The van der Waals surface area contributed by atoms with E-state index in [0.29, 0.717) is 17.7 Å². The highest BCUT2D eigenvalue weighted by Gasteiger charge is 2.42. The molecule has 2 aromatic carbocycles. The lowest BCUT2D eigenvalue weighted by atomic mass is 10.0. The molecule has 0 spiro atoms. The zero-order chi connectivity index (χ0) is 18.0. The van der Waals surface area contributed by atoms with Crippen LogP contribution in [0.1, 0.15) is 23.2 Å². The van der Waals surface area contributed by atoms with Crippen molar-refractivity contribution >= 4 is 11.7 Å². The number of hydrogen-bond acceptors (Lipinski definition) is 2. The predicted molar refractivity (Wildman–Crippen MR) is 87.0 cm³/mol. The van der Waals surface area contributed by atoms with E-state index in [1.54, 1.807) is 12.1 Å². The summed E-state index contributed by atoms with van der Waals surface area (Å²) in [6.45, 7) is -1.38. The van der Waals surface area contributed by atoms with Crippen molar-refractivity contribution in [1.82, 2.24) is 4.90 Å². The van der Waals surface area contributed by atoms with Crippen molar-refractivity contribution in [2.24, 2.45) is 0 Å². The molecule has 0 unspecified atom stereocenters. The maximum Gasteiger partial charge on any atom is 0.406 e. The second kappa shape index (κ2) is 6.70. The van der Waals surface area contributed by atoms with Crippen LogP contribution in [0.5, 0.6) is 0 Å². The van der Waals surface area contributed by atoms with E-state index < -0.39 is 30.5 Å². The highest BCUT2D eigenvalue weighted by Crippen LogP contribution is 2.31. The standard InChI is InChI=1S/C19H16F3NO2/c20-19(21,22)12-23(16-10-11-16)18(25)17(24)15-8-6-14(7-9-15)13-4-2-1-3-5-13/h1-9,16H,10-12H2. The molecular formula is C19H16F3NO2. The fourth-order valence-electron chi connectivity index (χ4n) is 2.64. The lowest BCUT2D eigenvalue weighted by Gasteiger charge is -2.23. The average Bonchev–Trinajstić information content (AvgIpc) is 3.43. The van der Waals surface area contributed by atoms with Crippen LogP contribution in [0.4, 0.5) is 13.2 Å². The van der Waals surface area contributed by atoms with Crippen molar-refractivity contribution in [3.05, 3.63) is 60.2 Å². The zero-order valence-corrected chi connectivity index (χ0v) is 13.3. The number of carbonyl (C=O) groups excluding carboxylic acids is 2. The van der Waals surface area contributed by atoms with Gasteiger partial charge < -0.3 is 4.90 Å². The first kappa shape index (κ1) is 17.2. The maximum absolute atomic E-state index is 12.7. The Kier molecular flexibility index (Phi) is 4.61. The highest BCUT2D eigenvalue weighted by molar-refractivity contribution is 6.42. The van der Waals surface area contributed by atoms with Gasteiger partial charge in [-0.25, -0.2) is 0 Å². The number of halogens is 3. The molecule has 0 aliphatic heterocycles. The number of alkyl halides is 3. The minimum atomic E-state index is -4.52. The first-order valence-corrected chi connectivity index (χ1v) is 7.93. The number of amides is 1. The second-order valence-electron chi connectivity index (χ2n) is 6.05. The summed E-state index contributed by atoms with van der Waals surface area (Å²) in [7, 11) is 0. The van der Waals surface area contributed by atoms with Crippen molar-refractivity contribution < 1.29 is 22.8 Å². The Balaban J connectivity index is 1.76. The van der Waals surface area contributed by atoms with Gasteiger partial charge in [0.1, 0.15) is 6.54 Å². The molecule has 3 nitrogen and oxygen atoms in total. The van der Waals surface area contributed by atoms with E-state index in [-0.39, 0.29) is 5.56 Å². The molecule has 1 aliphatic carbocycles. The summed E-state index contributed by atoms with van der Waals surface area (Å²) in [5.41, 5.74) is 1.90. The fourth-order valence-corrected chi connectivity index (χ4v) is 2.64. The van der Waals surface area contributed by atoms with Crippen molar-refractivity contribution in [3.63, 3.8) is 0 Å². The summed E-state index contributed by atoms with van der Waals surface area (Å²) in [6.07, 6.45) is -3.51. The minimum absolute atomic E-state index is 0.0949. The number of nitrogens with zero attached hydrogens (tertiary/aromatic N) is 1. The molecule has 1 fully saturated rings. The molecular weight excluding hydrogens is 331 g/mol. The van der Waals surface area contributed by atoms with Gasteiger partial charge in [0.25, 0.3) is 5.91 Å². The summed E-state index contributed by atoms with van der Waals surface area (Å²) >= 11 is 0. The molecule has 3 rings (SSSR count). The lowest BCUT2D eigenvalue weighted by Crippen LogP contribution is -2.43. The van der Waals surface area contributed by atoms with Crippen LogP contribution in [0.3, 0.4) is 0 Å². The van der Waals surface area contributed by atoms with Gasteiger partial charge in [-0.2, -0.15) is 13.2 Å². The third-order valence-electron chi connectivity index (χ3n) is 4.05. The summed E-state index contributed by atoms with van der Waals surface area (Å²) in [4.78, 5) is 25.2. The van der Waals surface area contributed by atoms with Gasteiger partial charge in [0.15, 0.2) is 0 Å². The smallest absolute Gasteiger partial charge is 0.324 e. The normalized spacial score (nSPS) is 14.2. The second-order valence-corrected chi connectivity index (χ2v) is 6.05. The van der Waals surface area contributed by atoms with Crippen LogP contribution in [0.25, 0.3) is 11.1 Å². The molecule has 130 valence electrons. The Bertz CT molecular complexity index is 766. The molecule has 0 N–H and O–H groups in total. The SMILES string of the molecule is O=C(C(=O)N(CC(F)(F)F)C1CC1)c1ccc(-c2ccccc2)cc1. The fraction of sp³-hybridized carbons (Fsp3) is 0.263. The summed E-state index contributed by atoms with van der Waals surface area (Å²) in [5.74, 6) is -2.00. The van der Waals surface area contributed by atoms with Crippen molar-refractivity contribution in [2.75, 3.05) is 6.54 Å². The van der Waals surface area contributed by atoms with E-state index >= 15 is 0 Å². The number of Topliss-reactive ketones (excluding diaryl/α,β-unsaturated/α-hetero) is 1. The quantitative estimate of drug-likeness (QED) is 0.603.